The van der Waals surface area contributed by atoms with Crippen LogP contribution in [0.4, 0.5) is 11.4 Å². The van der Waals surface area contributed by atoms with Crippen LogP contribution in [0, 0.1) is 12.8 Å². The smallest absolute Gasteiger partial charge is 0.347 e. The van der Waals surface area contributed by atoms with Gasteiger partial charge in [-0.05, 0) is 31.0 Å². The molecule has 1 fully saturated rings. The minimum absolute atomic E-state index is 0. The maximum absolute atomic E-state index is 12.8. The summed E-state index contributed by atoms with van der Waals surface area (Å²) in [5.41, 5.74) is 2.42. The van der Waals surface area contributed by atoms with Crippen molar-refractivity contribution in [2.45, 2.75) is 26.7 Å². The minimum atomic E-state index is -0.610. The third-order valence-corrected chi connectivity index (χ3v) is 3.96. The molecular formula is C16H20N4NaO2+. The number of aryl methyl sites for hydroxylation is 1. The molecule has 116 valence electrons. The van der Waals surface area contributed by atoms with E-state index in [1.807, 2.05) is 46.1 Å². The van der Waals surface area contributed by atoms with Crippen molar-refractivity contribution in [2.24, 2.45) is 10.9 Å². The molecule has 7 heteroatoms. The summed E-state index contributed by atoms with van der Waals surface area (Å²) in [6.45, 7) is 3.94. The number of carbonyl (C=O) groups excluding carboxylic acids is 2. The molecule has 0 bridgehead atoms. The van der Waals surface area contributed by atoms with Gasteiger partial charge in [-0.1, -0.05) is 19.4 Å². The molecule has 1 aromatic rings. The average molecular weight is 323 g/mol. The number of fused-ring (bicyclic) bond motifs is 3. The standard InChI is InChI=1S/C16H20N4O2.Na/c1-5-6-11-14(21)19-13-9-10(2)7-8-12(13)17-16(18(3)4)20(19)15(11)22;/h7-9,11H,5-6H2,1-4H3;/q;+1. The van der Waals surface area contributed by atoms with Crippen LogP contribution in [-0.4, -0.2) is 41.8 Å². The summed E-state index contributed by atoms with van der Waals surface area (Å²) in [4.78, 5) is 31.8. The monoisotopic (exact) mass is 323 g/mol. The number of aliphatic imine (C=N–C) groups is 1. The molecule has 1 aromatic carbocycles. The molecule has 2 aliphatic rings. The molecule has 0 spiro atoms. The first-order valence-corrected chi connectivity index (χ1v) is 7.50. The van der Waals surface area contributed by atoms with E-state index in [2.05, 4.69) is 4.99 Å². The quantitative estimate of drug-likeness (QED) is 0.522. The second-order valence-electron chi connectivity index (χ2n) is 5.94. The van der Waals surface area contributed by atoms with E-state index in [1.165, 1.54) is 10.0 Å². The molecule has 0 radical (unpaired) electrons. The van der Waals surface area contributed by atoms with Gasteiger partial charge in [0.25, 0.3) is 11.8 Å². The van der Waals surface area contributed by atoms with E-state index >= 15 is 0 Å². The van der Waals surface area contributed by atoms with Gasteiger partial charge in [0.15, 0.2) is 0 Å². The Morgan fingerprint density at radius 1 is 1.17 bits per heavy atom. The number of rotatable bonds is 2. The summed E-state index contributed by atoms with van der Waals surface area (Å²) in [6.07, 6.45) is 1.35. The van der Waals surface area contributed by atoms with E-state index in [0.29, 0.717) is 23.8 Å². The van der Waals surface area contributed by atoms with Crippen LogP contribution in [0.15, 0.2) is 23.2 Å². The average Bonchev–Trinajstić information content (AvgIpc) is 2.72. The van der Waals surface area contributed by atoms with Gasteiger partial charge in [0, 0.05) is 14.1 Å². The molecule has 0 aromatic heterocycles. The molecule has 0 aliphatic carbocycles. The second-order valence-corrected chi connectivity index (χ2v) is 5.94. The van der Waals surface area contributed by atoms with Crippen molar-refractivity contribution in [1.82, 2.24) is 9.91 Å². The van der Waals surface area contributed by atoms with Gasteiger partial charge in [0.2, 0.25) is 5.96 Å². The van der Waals surface area contributed by atoms with Gasteiger partial charge in [0.1, 0.15) is 5.92 Å². The van der Waals surface area contributed by atoms with Gasteiger partial charge in [-0.15, -0.1) is 0 Å². The Kier molecular flexibility index (Phi) is 5.18. The van der Waals surface area contributed by atoms with Crippen molar-refractivity contribution < 1.29 is 39.1 Å². The third kappa shape index (κ3) is 2.79. The van der Waals surface area contributed by atoms with Crippen molar-refractivity contribution >= 4 is 29.1 Å². The first-order valence-electron chi connectivity index (χ1n) is 7.50. The molecule has 1 unspecified atom stereocenters. The normalized spacial score (nSPS) is 19.1. The fourth-order valence-electron chi connectivity index (χ4n) is 2.89. The molecule has 1 saturated heterocycles. The summed E-state index contributed by atoms with van der Waals surface area (Å²) < 4.78 is 0. The number of carbonyl (C=O) groups is 2. The summed E-state index contributed by atoms with van der Waals surface area (Å²) >= 11 is 0. The minimum Gasteiger partial charge on any atom is -0.347 e. The Morgan fingerprint density at radius 2 is 1.83 bits per heavy atom. The molecule has 2 amide bonds. The van der Waals surface area contributed by atoms with Gasteiger partial charge in [-0.2, -0.15) is 5.01 Å². The Balaban J connectivity index is 0.00000192. The topological polar surface area (TPSA) is 56.2 Å². The Labute approximate surface area is 158 Å². The van der Waals surface area contributed by atoms with Crippen molar-refractivity contribution in [1.29, 1.82) is 0 Å². The maximum Gasteiger partial charge on any atom is 1.00 e. The molecular weight excluding hydrogens is 303 g/mol. The number of guanidine groups is 1. The second kappa shape index (κ2) is 6.63. The largest absolute Gasteiger partial charge is 1.00 e. The number of hydrogen-bond donors (Lipinski definition) is 0. The molecule has 23 heavy (non-hydrogen) atoms. The molecule has 1 atom stereocenters. The Morgan fingerprint density at radius 3 is 2.43 bits per heavy atom. The zero-order chi connectivity index (χ0) is 16.0. The summed E-state index contributed by atoms with van der Waals surface area (Å²) in [6, 6.07) is 5.74. The third-order valence-electron chi connectivity index (χ3n) is 3.96. The predicted octanol–water partition coefficient (Wildman–Crippen LogP) is -0.932. The predicted molar refractivity (Wildman–Crippen MR) is 84.7 cm³/mol. The van der Waals surface area contributed by atoms with Crippen LogP contribution in [0.3, 0.4) is 0 Å². The summed E-state index contributed by atoms with van der Waals surface area (Å²) in [5.74, 6) is -0.477. The number of nitrogens with zero attached hydrogens (tertiary/aromatic N) is 4. The molecule has 3 rings (SSSR count). The van der Waals surface area contributed by atoms with Crippen LogP contribution in [-0.2, 0) is 9.59 Å². The Hall–Kier alpha value is -1.37. The van der Waals surface area contributed by atoms with Crippen molar-refractivity contribution in [3.63, 3.8) is 0 Å². The molecule has 0 N–H and O–H groups in total. The van der Waals surface area contributed by atoms with E-state index in [1.54, 1.807) is 4.90 Å². The van der Waals surface area contributed by atoms with Gasteiger partial charge < -0.3 is 4.90 Å². The SMILES string of the molecule is CCCC1C(=O)N2C(N(C)C)=Nc3ccc(C)cc3N2C1=O.[Na+]. The van der Waals surface area contributed by atoms with Crippen LogP contribution in [0.5, 0.6) is 0 Å². The van der Waals surface area contributed by atoms with Crippen molar-refractivity contribution in [2.75, 3.05) is 19.1 Å². The number of anilines is 1. The van der Waals surface area contributed by atoms with Crippen LogP contribution < -0.4 is 34.6 Å². The summed E-state index contributed by atoms with van der Waals surface area (Å²) in [7, 11) is 3.64. The van der Waals surface area contributed by atoms with Gasteiger partial charge in [-0.25, -0.2) is 10.0 Å². The van der Waals surface area contributed by atoms with E-state index in [9.17, 15) is 9.59 Å². The van der Waals surface area contributed by atoms with Gasteiger partial charge >= 0.3 is 29.6 Å². The van der Waals surface area contributed by atoms with Gasteiger partial charge in [-0.3, -0.25) is 9.59 Å². The van der Waals surface area contributed by atoms with E-state index < -0.39 is 5.92 Å². The van der Waals surface area contributed by atoms with Crippen LogP contribution >= 0.6 is 0 Å². The van der Waals surface area contributed by atoms with E-state index in [4.69, 9.17) is 0 Å². The molecule has 6 nitrogen and oxygen atoms in total. The number of hydrazine groups is 1. The number of amides is 2. The van der Waals surface area contributed by atoms with E-state index in [0.717, 1.165) is 12.0 Å². The first kappa shape index (κ1) is 18.0. The zero-order valence-corrected chi connectivity index (χ0v) is 16.3. The first-order chi connectivity index (χ1) is 10.5. The maximum atomic E-state index is 12.8. The molecule has 2 heterocycles. The summed E-state index contributed by atoms with van der Waals surface area (Å²) in [5, 5.41) is 2.91. The zero-order valence-electron chi connectivity index (χ0n) is 14.3. The van der Waals surface area contributed by atoms with E-state index in [-0.39, 0.29) is 41.4 Å². The molecule has 2 aliphatic heterocycles. The van der Waals surface area contributed by atoms with Crippen LogP contribution in [0.25, 0.3) is 0 Å². The van der Waals surface area contributed by atoms with Gasteiger partial charge in [0.05, 0.1) is 11.4 Å². The van der Waals surface area contributed by atoms with Crippen molar-refractivity contribution in [3.8, 4) is 0 Å². The number of benzene rings is 1. The van der Waals surface area contributed by atoms with Crippen molar-refractivity contribution in [3.05, 3.63) is 23.8 Å². The van der Waals surface area contributed by atoms with Crippen LogP contribution in [0.2, 0.25) is 0 Å². The number of hydrogen-bond acceptors (Lipinski definition) is 4. The Bertz CT molecular complexity index is 687. The van der Waals surface area contributed by atoms with Crippen LogP contribution in [0.1, 0.15) is 25.3 Å². The molecule has 0 saturated carbocycles. The fraction of sp³-hybridized carbons (Fsp3) is 0.438. The fourth-order valence-corrected chi connectivity index (χ4v) is 2.89.